The van der Waals surface area contributed by atoms with Crippen LogP contribution in [0.25, 0.3) is 17.1 Å². The summed E-state index contributed by atoms with van der Waals surface area (Å²) < 4.78 is 11.3. The van der Waals surface area contributed by atoms with Crippen molar-refractivity contribution in [2.75, 3.05) is 7.11 Å². The molecular formula is C19H20N2O2. The minimum absolute atomic E-state index is 0.368. The van der Waals surface area contributed by atoms with Crippen molar-refractivity contribution < 1.29 is 9.47 Å². The van der Waals surface area contributed by atoms with Crippen LogP contribution in [-0.4, -0.2) is 17.1 Å². The van der Waals surface area contributed by atoms with Gasteiger partial charge in [0.15, 0.2) is 11.5 Å². The van der Waals surface area contributed by atoms with Crippen LogP contribution in [-0.2, 0) is 6.61 Å². The number of methoxy groups -OCH3 is 1. The van der Waals surface area contributed by atoms with Gasteiger partial charge in [-0.3, -0.25) is 0 Å². The fourth-order valence-corrected chi connectivity index (χ4v) is 2.49. The number of ether oxygens (including phenoxy) is 2. The Morgan fingerprint density at radius 1 is 1.13 bits per heavy atom. The van der Waals surface area contributed by atoms with E-state index in [2.05, 4.69) is 29.0 Å². The molecule has 0 fully saturated rings. The third-order valence-corrected chi connectivity index (χ3v) is 3.60. The molecule has 0 bridgehead atoms. The molecule has 0 aliphatic heterocycles. The van der Waals surface area contributed by atoms with Crippen molar-refractivity contribution in [3.63, 3.8) is 0 Å². The maximum atomic E-state index is 5.86. The van der Waals surface area contributed by atoms with Crippen molar-refractivity contribution in [1.29, 1.82) is 0 Å². The number of hydrogen-bond donors (Lipinski definition) is 1. The minimum atomic E-state index is 0.368. The molecule has 0 saturated heterocycles. The second-order valence-electron chi connectivity index (χ2n) is 5.40. The lowest BCUT2D eigenvalue weighted by Crippen LogP contribution is -1.99. The summed E-state index contributed by atoms with van der Waals surface area (Å²) in [5.74, 6) is 2.22. The summed E-state index contributed by atoms with van der Waals surface area (Å²) in [4.78, 5) is 7.83. The first kappa shape index (κ1) is 15.2. The maximum Gasteiger partial charge on any atom is 0.161 e. The summed E-state index contributed by atoms with van der Waals surface area (Å²) in [6.07, 6.45) is 4.01. The molecule has 1 heterocycles. The van der Waals surface area contributed by atoms with E-state index in [0.717, 1.165) is 22.4 Å². The van der Waals surface area contributed by atoms with E-state index >= 15 is 0 Å². The number of aryl methyl sites for hydroxylation is 1. The normalized spacial score (nSPS) is 11.3. The van der Waals surface area contributed by atoms with Gasteiger partial charge in [-0.1, -0.05) is 24.3 Å². The molecule has 0 spiro atoms. The molecule has 4 nitrogen and oxygen atoms in total. The van der Waals surface area contributed by atoms with E-state index in [-0.39, 0.29) is 0 Å². The van der Waals surface area contributed by atoms with Gasteiger partial charge in [-0.15, -0.1) is 0 Å². The number of hydrogen-bond acceptors (Lipinski definition) is 3. The summed E-state index contributed by atoms with van der Waals surface area (Å²) in [5.41, 5.74) is 4.26. The molecule has 0 saturated carbocycles. The van der Waals surface area contributed by atoms with E-state index in [9.17, 15) is 0 Å². The summed E-state index contributed by atoms with van der Waals surface area (Å²) in [6, 6.07) is 12.0. The van der Waals surface area contributed by atoms with Crippen molar-refractivity contribution in [2.45, 2.75) is 20.5 Å². The number of nitrogens with zero attached hydrogens (tertiary/aromatic N) is 1. The Hall–Kier alpha value is -2.75. The Bertz CT molecular complexity index is 850. The standard InChI is InChI=1S/C19H20N2O2/c1-4-5-14-7-9-17(18(11-14)22-3)23-12-19-20-15-8-6-13(2)10-16(15)21-19/h4-11H,12H2,1-3H3,(H,20,21)/b5-4+. The largest absolute Gasteiger partial charge is 0.493 e. The SMILES string of the molecule is C/C=C/c1ccc(OCc2nc3ccc(C)cc3[nH]2)c(OC)c1. The van der Waals surface area contributed by atoms with Crippen molar-refractivity contribution in [2.24, 2.45) is 0 Å². The van der Waals surface area contributed by atoms with Crippen molar-refractivity contribution >= 4 is 17.1 Å². The molecule has 0 atom stereocenters. The first-order valence-electron chi connectivity index (χ1n) is 7.58. The summed E-state index contributed by atoms with van der Waals surface area (Å²) in [5, 5.41) is 0. The average molecular weight is 308 g/mol. The van der Waals surface area contributed by atoms with E-state index in [1.54, 1.807) is 7.11 Å². The molecule has 3 rings (SSSR count). The highest BCUT2D eigenvalue weighted by molar-refractivity contribution is 5.75. The van der Waals surface area contributed by atoms with Crippen LogP contribution in [0.1, 0.15) is 23.9 Å². The van der Waals surface area contributed by atoms with E-state index in [4.69, 9.17) is 9.47 Å². The van der Waals surface area contributed by atoms with Gasteiger partial charge in [-0.05, 0) is 49.2 Å². The van der Waals surface area contributed by atoms with Crippen LogP contribution in [0.2, 0.25) is 0 Å². The molecule has 3 aromatic rings. The summed E-state index contributed by atoms with van der Waals surface area (Å²) >= 11 is 0. The van der Waals surface area contributed by atoms with Gasteiger partial charge in [0, 0.05) is 0 Å². The Labute approximate surface area is 135 Å². The van der Waals surface area contributed by atoms with Crippen LogP contribution < -0.4 is 9.47 Å². The van der Waals surface area contributed by atoms with Gasteiger partial charge in [0.05, 0.1) is 18.1 Å². The van der Waals surface area contributed by atoms with Gasteiger partial charge in [-0.2, -0.15) is 0 Å². The zero-order valence-electron chi connectivity index (χ0n) is 13.6. The van der Waals surface area contributed by atoms with Crippen LogP contribution in [0.5, 0.6) is 11.5 Å². The smallest absolute Gasteiger partial charge is 0.161 e. The third-order valence-electron chi connectivity index (χ3n) is 3.60. The molecule has 0 aliphatic rings. The minimum Gasteiger partial charge on any atom is -0.493 e. The number of H-pyrrole nitrogens is 1. The van der Waals surface area contributed by atoms with Gasteiger partial charge in [0.2, 0.25) is 0 Å². The maximum absolute atomic E-state index is 5.86. The van der Waals surface area contributed by atoms with Crippen molar-refractivity contribution in [1.82, 2.24) is 9.97 Å². The van der Waals surface area contributed by atoms with Crippen molar-refractivity contribution in [3.05, 3.63) is 59.4 Å². The van der Waals surface area contributed by atoms with Crippen LogP contribution in [0.4, 0.5) is 0 Å². The van der Waals surface area contributed by atoms with Crippen LogP contribution in [0.3, 0.4) is 0 Å². The fourth-order valence-electron chi connectivity index (χ4n) is 2.49. The van der Waals surface area contributed by atoms with E-state index < -0.39 is 0 Å². The Morgan fingerprint density at radius 2 is 2.00 bits per heavy atom. The monoisotopic (exact) mass is 308 g/mol. The Morgan fingerprint density at radius 3 is 2.78 bits per heavy atom. The van der Waals surface area contributed by atoms with E-state index in [1.165, 1.54) is 5.56 Å². The predicted octanol–water partition coefficient (Wildman–Crippen LogP) is 4.49. The number of imidazole rings is 1. The molecule has 1 N–H and O–H groups in total. The zero-order chi connectivity index (χ0) is 16.2. The number of rotatable bonds is 5. The van der Waals surface area contributed by atoms with Gasteiger partial charge in [0.25, 0.3) is 0 Å². The molecular weight excluding hydrogens is 288 g/mol. The number of fused-ring (bicyclic) bond motifs is 1. The molecule has 1 aromatic heterocycles. The lowest BCUT2D eigenvalue weighted by molar-refractivity contribution is 0.277. The Balaban J connectivity index is 1.78. The van der Waals surface area contributed by atoms with Gasteiger partial charge >= 0.3 is 0 Å². The number of nitrogens with one attached hydrogen (secondary N) is 1. The molecule has 0 unspecified atom stereocenters. The van der Waals surface area contributed by atoms with Gasteiger partial charge in [-0.25, -0.2) is 4.98 Å². The van der Waals surface area contributed by atoms with Crippen LogP contribution in [0, 0.1) is 6.92 Å². The second-order valence-corrected chi connectivity index (χ2v) is 5.40. The fraction of sp³-hybridized carbons (Fsp3) is 0.211. The highest BCUT2D eigenvalue weighted by atomic mass is 16.5. The topological polar surface area (TPSA) is 47.1 Å². The first-order valence-corrected chi connectivity index (χ1v) is 7.58. The predicted molar refractivity (Wildman–Crippen MR) is 92.9 cm³/mol. The lowest BCUT2D eigenvalue weighted by Gasteiger charge is -2.10. The van der Waals surface area contributed by atoms with Crippen LogP contribution >= 0.6 is 0 Å². The Kier molecular flexibility index (Phi) is 4.33. The molecule has 118 valence electrons. The number of allylic oxidation sites excluding steroid dienone is 1. The van der Waals surface area contributed by atoms with Crippen molar-refractivity contribution in [3.8, 4) is 11.5 Å². The lowest BCUT2D eigenvalue weighted by atomic mass is 10.2. The third kappa shape index (κ3) is 3.37. The molecule has 2 aromatic carbocycles. The summed E-state index contributed by atoms with van der Waals surface area (Å²) in [6.45, 7) is 4.42. The second kappa shape index (κ2) is 6.57. The van der Waals surface area contributed by atoms with Gasteiger partial charge in [0.1, 0.15) is 12.4 Å². The van der Waals surface area contributed by atoms with Gasteiger partial charge < -0.3 is 14.5 Å². The highest BCUT2D eigenvalue weighted by Crippen LogP contribution is 2.29. The average Bonchev–Trinajstić information content (AvgIpc) is 2.95. The first-order chi connectivity index (χ1) is 11.2. The zero-order valence-corrected chi connectivity index (χ0v) is 13.6. The van der Waals surface area contributed by atoms with E-state index in [0.29, 0.717) is 18.1 Å². The molecule has 0 amide bonds. The van der Waals surface area contributed by atoms with E-state index in [1.807, 2.05) is 43.3 Å². The number of benzene rings is 2. The quantitative estimate of drug-likeness (QED) is 0.755. The number of aromatic nitrogens is 2. The molecule has 0 radical (unpaired) electrons. The number of aromatic amines is 1. The molecule has 0 aliphatic carbocycles. The molecule has 4 heteroatoms. The summed E-state index contributed by atoms with van der Waals surface area (Å²) in [7, 11) is 1.64. The highest BCUT2D eigenvalue weighted by Gasteiger charge is 2.08. The molecule has 23 heavy (non-hydrogen) atoms. The van der Waals surface area contributed by atoms with Crippen LogP contribution in [0.15, 0.2) is 42.5 Å².